The van der Waals surface area contributed by atoms with Gasteiger partial charge >= 0.3 is 0 Å². The van der Waals surface area contributed by atoms with Gasteiger partial charge in [-0.3, -0.25) is 0 Å². The number of anilines is 1. The first-order valence-corrected chi connectivity index (χ1v) is 10.9. The summed E-state index contributed by atoms with van der Waals surface area (Å²) >= 11 is 5.52. The number of rotatable bonds is 3. The summed E-state index contributed by atoms with van der Waals surface area (Å²) in [6.07, 6.45) is 6.90. The number of hydrogen-bond donors (Lipinski definition) is 3. The maximum atomic E-state index is 11.3. The highest BCUT2D eigenvalue weighted by molar-refractivity contribution is 7.89. The first kappa shape index (κ1) is 18.6. The van der Waals surface area contributed by atoms with E-state index in [9.17, 15) is 8.42 Å². The SMILES string of the molecule is NS(=O)(=O)c1ccc(NC(=S)N2CC[NH+](C3CCCCC3)CC2)cc1. The highest BCUT2D eigenvalue weighted by atomic mass is 32.2. The average molecular weight is 384 g/mol. The monoisotopic (exact) mass is 383 g/mol. The largest absolute Gasteiger partial charge is 0.338 e. The summed E-state index contributed by atoms with van der Waals surface area (Å²) in [5, 5.41) is 9.01. The van der Waals surface area contributed by atoms with Gasteiger partial charge in [-0.15, -0.1) is 0 Å². The van der Waals surface area contributed by atoms with Crippen molar-refractivity contribution in [3.8, 4) is 0 Å². The number of hydrogen-bond acceptors (Lipinski definition) is 3. The number of primary sulfonamides is 1. The number of sulfonamides is 1. The van der Waals surface area contributed by atoms with E-state index in [1.807, 2.05) is 0 Å². The molecule has 0 unspecified atom stereocenters. The van der Waals surface area contributed by atoms with Crippen LogP contribution in [0.2, 0.25) is 0 Å². The molecule has 1 aliphatic carbocycles. The van der Waals surface area contributed by atoms with Gasteiger partial charge in [0, 0.05) is 5.69 Å². The molecule has 1 aliphatic heterocycles. The van der Waals surface area contributed by atoms with Gasteiger partial charge in [-0.05, 0) is 62.2 Å². The van der Waals surface area contributed by atoms with Gasteiger partial charge in [0.1, 0.15) is 0 Å². The maximum Gasteiger partial charge on any atom is 0.238 e. The molecule has 25 heavy (non-hydrogen) atoms. The average Bonchev–Trinajstić information content (AvgIpc) is 2.62. The summed E-state index contributed by atoms with van der Waals surface area (Å²) in [7, 11) is -3.66. The summed E-state index contributed by atoms with van der Waals surface area (Å²) < 4.78 is 22.6. The van der Waals surface area contributed by atoms with Crippen molar-refractivity contribution in [1.82, 2.24) is 4.90 Å². The second-order valence-electron chi connectivity index (χ2n) is 6.98. The fraction of sp³-hybridized carbons (Fsp3) is 0.588. The summed E-state index contributed by atoms with van der Waals surface area (Å²) in [5.74, 6) is 0. The molecule has 0 amide bonds. The standard InChI is InChI=1S/C17H26N4O2S2/c18-25(22,23)16-8-6-14(7-9-16)19-17(24)21-12-10-20(11-13-21)15-4-2-1-3-5-15/h6-9,15H,1-5,10-13H2,(H,19,24)(H2,18,22,23)/p+1. The molecule has 138 valence electrons. The molecule has 2 fully saturated rings. The number of quaternary nitrogens is 1. The fourth-order valence-corrected chi connectivity index (χ4v) is 4.66. The predicted octanol–water partition coefficient (Wildman–Crippen LogP) is 0.564. The minimum Gasteiger partial charge on any atom is -0.338 e. The van der Waals surface area contributed by atoms with Crippen LogP contribution in [-0.2, 0) is 10.0 Å². The van der Waals surface area contributed by atoms with E-state index in [4.69, 9.17) is 17.4 Å². The van der Waals surface area contributed by atoms with Crippen molar-refractivity contribution in [3.05, 3.63) is 24.3 Å². The van der Waals surface area contributed by atoms with Gasteiger partial charge in [-0.2, -0.15) is 0 Å². The lowest BCUT2D eigenvalue weighted by molar-refractivity contribution is -0.930. The molecule has 4 N–H and O–H groups in total. The second-order valence-corrected chi connectivity index (χ2v) is 8.93. The third-order valence-corrected chi connectivity index (χ3v) is 6.60. The zero-order valence-corrected chi connectivity index (χ0v) is 16.0. The van der Waals surface area contributed by atoms with Crippen molar-refractivity contribution in [2.45, 2.75) is 43.0 Å². The van der Waals surface area contributed by atoms with E-state index in [2.05, 4.69) is 10.2 Å². The van der Waals surface area contributed by atoms with Crippen molar-refractivity contribution in [2.24, 2.45) is 5.14 Å². The lowest BCUT2D eigenvalue weighted by Gasteiger charge is -2.38. The van der Waals surface area contributed by atoms with E-state index in [1.54, 1.807) is 17.0 Å². The number of nitrogens with two attached hydrogens (primary N) is 1. The van der Waals surface area contributed by atoms with Gasteiger partial charge in [0.05, 0.1) is 37.1 Å². The molecule has 1 aromatic rings. The van der Waals surface area contributed by atoms with Crippen molar-refractivity contribution in [2.75, 3.05) is 31.5 Å². The molecule has 3 rings (SSSR count). The van der Waals surface area contributed by atoms with Gasteiger partial charge in [-0.1, -0.05) is 6.42 Å². The minimum atomic E-state index is -3.66. The predicted molar refractivity (Wildman–Crippen MR) is 103 cm³/mol. The molecule has 2 aliphatic rings. The lowest BCUT2D eigenvalue weighted by atomic mass is 9.94. The third kappa shape index (κ3) is 4.91. The lowest BCUT2D eigenvalue weighted by Crippen LogP contribution is -3.18. The van der Waals surface area contributed by atoms with Gasteiger partial charge in [0.25, 0.3) is 0 Å². The van der Waals surface area contributed by atoms with E-state index >= 15 is 0 Å². The van der Waals surface area contributed by atoms with Crippen molar-refractivity contribution in [1.29, 1.82) is 0 Å². The Kier molecular flexibility index (Phi) is 5.93. The molecule has 0 aromatic heterocycles. The highest BCUT2D eigenvalue weighted by Crippen LogP contribution is 2.16. The Morgan fingerprint density at radius 1 is 1.12 bits per heavy atom. The van der Waals surface area contributed by atoms with Crippen LogP contribution in [0.5, 0.6) is 0 Å². The van der Waals surface area contributed by atoms with E-state index in [-0.39, 0.29) is 4.90 Å². The number of thiocarbonyl (C=S) groups is 1. The Hall–Kier alpha value is -1.22. The molecule has 0 radical (unpaired) electrons. The zero-order valence-electron chi connectivity index (χ0n) is 14.4. The van der Waals surface area contributed by atoms with E-state index < -0.39 is 10.0 Å². The number of nitrogens with one attached hydrogen (secondary N) is 2. The van der Waals surface area contributed by atoms with Crippen molar-refractivity contribution < 1.29 is 13.3 Å². The van der Waals surface area contributed by atoms with E-state index in [0.29, 0.717) is 5.11 Å². The Balaban J connectivity index is 1.51. The van der Waals surface area contributed by atoms with Crippen LogP contribution < -0.4 is 15.4 Å². The van der Waals surface area contributed by atoms with Crippen LogP contribution in [0.15, 0.2) is 29.2 Å². The van der Waals surface area contributed by atoms with Crippen LogP contribution in [0.25, 0.3) is 0 Å². The van der Waals surface area contributed by atoms with Gasteiger partial charge in [-0.25, -0.2) is 13.6 Å². The normalized spacial score (nSPS) is 20.4. The summed E-state index contributed by atoms with van der Waals surface area (Å²) in [6, 6.07) is 7.20. The third-order valence-electron chi connectivity index (χ3n) is 5.31. The van der Waals surface area contributed by atoms with Gasteiger partial charge < -0.3 is 15.1 Å². The summed E-state index contributed by atoms with van der Waals surface area (Å²) in [6.45, 7) is 4.20. The molecule has 1 saturated heterocycles. The molecule has 1 heterocycles. The van der Waals surface area contributed by atoms with Crippen LogP contribution in [0, 0.1) is 0 Å². The molecule has 8 heteroatoms. The first-order valence-electron chi connectivity index (χ1n) is 8.97. The molecule has 1 aromatic carbocycles. The highest BCUT2D eigenvalue weighted by Gasteiger charge is 2.29. The number of benzene rings is 1. The van der Waals surface area contributed by atoms with Gasteiger partial charge in [0.2, 0.25) is 10.0 Å². The smallest absolute Gasteiger partial charge is 0.238 e. The fourth-order valence-electron chi connectivity index (χ4n) is 3.85. The van der Waals surface area contributed by atoms with Crippen LogP contribution in [0.4, 0.5) is 5.69 Å². The summed E-state index contributed by atoms with van der Waals surface area (Å²) in [4.78, 5) is 4.04. The molecule has 0 atom stereocenters. The zero-order chi connectivity index (χ0) is 17.9. The van der Waals surface area contributed by atoms with Crippen molar-refractivity contribution in [3.63, 3.8) is 0 Å². The number of piperazine rings is 1. The molecule has 0 spiro atoms. The minimum absolute atomic E-state index is 0.105. The van der Waals surface area contributed by atoms with E-state index in [1.165, 1.54) is 44.2 Å². The van der Waals surface area contributed by atoms with Gasteiger partial charge in [0.15, 0.2) is 5.11 Å². The van der Waals surface area contributed by atoms with E-state index in [0.717, 1.165) is 37.9 Å². The molecule has 1 saturated carbocycles. The summed E-state index contributed by atoms with van der Waals surface area (Å²) in [5.41, 5.74) is 0.777. The molecular weight excluding hydrogens is 356 g/mol. The topological polar surface area (TPSA) is 79.9 Å². The van der Waals surface area contributed by atoms with Crippen LogP contribution >= 0.6 is 12.2 Å². The van der Waals surface area contributed by atoms with Crippen molar-refractivity contribution >= 4 is 33.0 Å². The van der Waals surface area contributed by atoms with Crippen LogP contribution in [-0.4, -0.2) is 50.7 Å². The Morgan fingerprint density at radius 3 is 2.28 bits per heavy atom. The second kappa shape index (κ2) is 7.99. The number of nitrogens with zero attached hydrogens (tertiary/aromatic N) is 1. The van der Waals surface area contributed by atoms with Crippen LogP contribution in [0.3, 0.4) is 0 Å². The molecule has 0 bridgehead atoms. The Labute approximate surface area is 155 Å². The Bertz CT molecular complexity index is 692. The first-order chi connectivity index (χ1) is 11.9. The molecule has 6 nitrogen and oxygen atoms in total. The molecular formula is C17H27N4O2S2+. The van der Waals surface area contributed by atoms with Crippen LogP contribution in [0.1, 0.15) is 32.1 Å². The maximum absolute atomic E-state index is 11.3. The quantitative estimate of drug-likeness (QED) is 0.665. The Morgan fingerprint density at radius 2 is 1.72 bits per heavy atom.